The van der Waals surface area contributed by atoms with Gasteiger partial charge < -0.3 is 9.64 Å². The first-order valence-corrected chi connectivity index (χ1v) is 9.05. The lowest BCUT2D eigenvalue weighted by Gasteiger charge is -2.25. The Morgan fingerprint density at radius 3 is 2.57 bits per heavy atom. The van der Waals surface area contributed by atoms with Crippen LogP contribution in [0.1, 0.15) is 18.9 Å². The van der Waals surface area contributed by atoms with Crippen LogP contribution in [0, 0.1) is 5.82 Å². The number of nitrogens with zero attached hydrogens (tertiary/aromatic N) is 3. The molecule has 1 aromatic carbocycles. The van der Waals surface area contributed by atoms with Gasteiger partial charge in [0.25, 0.3) is 0 Å². The molecule has 2 heterocycles. The molecule has 0 aliphatic carbocycles. The number of H-pyrrole nitrogens is 1. The third-order valence-corrected chi connectivity index (χ3v) is 5.24. The average Bonchev–Trinajstić information content (AvgIpc) is 2.99. The maximum absolute atomic E-state index is 12.9. The number of sulfone groups is 1. The summed E-state index contributed by atoms with van der Waals surface area (Å²) in [6.07, 6.45) is -0.393. The zero-order valence-electron chi connectivity index (χ0n) is 12.6. The number of aromatic amines is 1. The molecule has 23 heavy (non-hydrogen) atoms. The molecule has 1 aliphatic rings. The highest BCUT2D eigenvalue weighted by Gasteiger charge is 2.25. The van der Waals surface area contributed by atoms with E-state index in [1.807, 2.05) is 4.90 Å². The maximum Gasteiger partial charge on any atom is 0.244 e. The first-order valence-electron chi connectivity index (χ1n) is 7.23. The summed E-state index contributed by atoms with van der Waals surface area (Å²) in [5.74, 6) is 1.41. The first-order chi connectivity index (χ1) is 10.9. The van der Waals surface area contributed by atoms with Gasteiger partial charge in [0.2, 0.25) is 5.95 Å². The van der Waals surface area contributed by atoms with Gasteiger partial charge in [-0.3, -0.25) is 5.10 Å². The first kappa shape index (κ1) is 15.7. The van der Waals surface area contributed by atoms with Gasteiger partial charge in [0.05, 0.1) is 11.5 Å². The van der Waals surface area contributed by atoms with E-state index in [0.717, 1.165) is 0 Å². The zero-order chi connectivity index (χ0) is 16.4. The summed E-state index contributed by atoms with van der Waals surface area (Å²) in [4.78, 5) is 6.19. The fraction of sp³-hybridized carbons (Fsp3) is 0.429. The molecule has 1 fully saturated rings. The molecular formula is C14H17FN4O3S. The molecule has 1 aromatic heterocycles. The van der Waals surface area contributed by atoms with Gasteiger partial charge in [0.1, 0.15) is 11.6 Å². The molecule has 1 atom stereocenters. The lowest BCUT2D eigenvalue weighted by molar-refractivity contribution is 0.216. The Morgan fingerprint density at radius 2 is 1.91 bits per heavy atom. The number of hydrogen-bond acceptors (Lipinski definition) is 6. The van der Waals surface area contributed by atoms with Crippen molar-refractivity contribution in [1.29, 1.82) is 0 Å². The Kier molecular flexibility index (Phi) is 4.20. The highest BCUT2D eigenvalue weighted by Crippen LogP contribution is 2.21. The predicted molar refractivity (Wildman–Crippen MR) is 82.7 cm³/mol. The standard InChI is InChI=1S/C14H17FN4O3S/c1-10(22-12-4-2-11(15)3-5-12)13-16-14(18-17-13)19-6-8-23(20,21)9-7-19/h2-5,10H,6-9H2,1H3,(H,16,17,18). The van der Waals surface area contributed by atoms with Gasteiger partial charge >= 0.3 is 0 Å². The van der Waals surface area contributed by atoms with E-state index < -0.39 is 15.9 Å². The average molecular weight is 340 g/mol. The molecule has 9 heteroatoms. The molecule has 0 spiro atoms. The molecule has 1 aliphatic heterocycles. The Hall–Kier alpha value is -2.16. The van der Waals surface area contributed by atoms with Crippen LogP contribution in [0.4, 0.5) is 10.3 Å². The quantitative estimate of drug-likeness (QED) is 0.903. The smallest absolute Gasteiger partial charge is 0.244 e. The van der Waals surface area contributed by atoms with Crippen LogP contribution in [0.3, 0.4) is 0 Å². The lowest BCUT2D eigenvalue weighted by Crippen LogP contribution is -2.40. The van der Waals surface area contributed by atoms with Crippen LogP contribution < -0.4 is 9.64 Å². The number of aromatic nitrogens is 3. The largest absolute Gasteiger partial charge is 0.483 e. The molecule has 1 N–H and O–H groups in total. The molecule has 0 bridgehead atoms. The third kappa shape index (κ3) is 3.79. The number of hydrogen-bond donors (Lipinski definition) is 1. The van der Waals surface area contributed by atoms with Crippen LogP contribution >= 0.6 is 0 Å². The van der Waals surface area contributed by atoms with Crippen LogP contribution in [-0.4, -0.2) is 48.2 Å². The Labute approximate surface area is 133 Å². The predicted octanol–water partition coefficient (Wildman–Crippen LogP) is 1.32. The maximum atomic E-state index is 12.9. The monoisotopic (exact) mass is 340 g/mol. The van der Waals surface area contributed by atoms with Gasteiger partial charge in [0.15, 0.2) is 21.8 Å². The Morgan fingerprint density at radius 1 is 1.26 bits per heavy atom. The van der Waals surface area contributed by atoms with Crippen LogP contribution in [-0.2, 0) is 9.84 Å². The highest BCUT2D eigenvalue weighted by atomic mass is 32.2. The fourth-order valence-electron chi connectivity index (χ4n) is 2.27. The number of benzene rings is 1. The van der Waals surface area contributed by atoms with Crippen LogP contribution in [0.5, 0.6) is 5.75 Å². The minimum Gasteiger partial charge on any atom is -0.483 e. The summed E-state index contributed by atoms with van der Waals surface area (Å²) < 4.78 is 41.4. The van der Waals surface area contributed by atoms with E-state index in [-0.39, 0.29) is 17.3 Å². The summed E-state index contributed by atoms with van der Waals surface area (Å²) in [5.41, 5.74) is 0. The summed E-state index contributed by atoms with van der Waals surface area (Å²) in [5, 5.41) is 6.92. The molecule has 1 unspecified atom stereocenters. The van der Waals surface area contributed by atoms with Gasteiger partial charge in [-0.2, -0.15) is 4.98 Å². The third-order valence-electron chi connectivity index (χ3n) is 3.63. The highest BCUT2D eigenvalue weighted by molar-refractivity contribution is 7.91. The molecule has 0 radical (unpaired) electrons. The van der Waals surface area contributed by atoms with E-state index in [9.17, 15) is 12.8 Å². The van der Waals surface area contributed by atoms with Crippen molar-refractivity contribution < 1.29 is 17.5 Å². The second kappa shape index (κ2) is 6.15. The van der Waals surface area contributed by atoms with Crippen LogP contribution in [0.15, 0.2) is 24.3 Å². The molecule has 2 aromatic rings. The van der Waals surface area contributed by atoms with Crippen LogP contribution in [0.2, 0.25) is 0 Å². The van der Waals surface area contributed by atoms with E-state index in [4.69, 9.17) is 4.74 Å². The van der Waals surface area contributed by atoms with Gasteiger partial charge in [-0.1, -0.05) is 0 Å². The number of nitrogens with one attached hydrogen (secondary N) is 1. The topological polar surface area (TPSA) is 88.2 Å². The van der Waals surface area contributed by atoms with E-state index >= 15 is 0 Å². The van der Waals surface area contributed by atoms with Gasteiger partial charge in [-0.15, -0.1) is 5.10 Å². The number of halogens is 1. The molecule has 1 saturated heterocycles. The van der Waals surface area contributed by atoms with Crippen molar-refractivity contribution in [2.24, 2.45) is 0 Å². The molecular weight excluding hydrogens is 323 g/mol. The molecule has 0 amide bonds. The van der Waals surface area contributed by atoms with Crippen molar-refractivity contribution in [3.63, 3.8) is 0 Å². The second-order valence-corrected chi connectivity index (χ2v) is 7.68. The molecule has 3 rings (SSSR count). The molecule has 0 saturated carbocycles. The number of ether oxygens (including phenoxy) is 1. The van der Waals surface area contributed by atoms with Gasteiger partial charge in [0, 0.05) is 13.1 Å². The minimum absolute atomic E-state index is 0.110. The van der Waals surface area contributed by atoms with Gasteiger partial charge in [-0.25, -0.2) is 12.8 Å². The molecule has 7 nitrogen and oxygen atoms in total. The Bertz CT molecular complexity index is 762. The summed E-state index contributed by atoms with van der Waals surface area (Å²) in [7, 11) is -2.94. The van der Waals surface area contributed by atoms with E-state index in [1.54, 1.807) is 19.1 Å². The van der Waals surface area contributed by atoms with Crippen molar-refractivity contribution >= 4 is 15.8 Å². The summed E-state index contributed by atoms with van der Waals surface area (Å²) in [6.45, 7) is 2.56. The van der Waals surface area contributed by atoms with Crippen LogP contribution in [0.25, 0.3) is 0 Å². The SMILES string of the molecule is CC(Oc1ccc(F)cc1)c1nc(N2CCS(=O)(=O)CC2)n[nH]1. The van der Waals surface area contributed by atoms with E-state index in [2.05, 4.69) is 15.2 Å². The summed E-state index contributed by atoms with van der Waals surface area (Å²) in [6, 6.07) is 5.72. The van der Waals surface area contributed by atoms with Crippen molar-refractivity contribution in [1.82, 2.24) is 15.2 Å². The molecule has 124 valence electrons. The van der Waals surface area contributed by atoms with Gasteiger partial charge in [-0.05, 0) is 31.2 Å². The van der Waals surface area contributed by atoms with Crippen molar-refractivity contribution in [3.05, 3.63) is 35.9 Å². The van der Waals surface area contributed by atoms with Crippen molar-refractivity contribution in [3.8, 4) is 5.75 Å². The van der Waals surface area contributed by atoms with Crippen molar-refractivity contribution in [2.75, 3.05) is 29.5 Å². The second-order valence-electron chi connectivity index (χ2n) is 5.37. The Balaban J connectivity index is 1.65. The summed E-state index contributed by atoms with van der Waals surface area (Å²) >= 11 is 0. The zero-order valence-corrected chi connectivity index (χ0v) is 13.4. The number of rotatable bonds is 4. The van der Waals surface area contributed by atoms with E-state index in [1.165, 1.54) is 12.1 Å². The van der Waals surface area contributed by atoms with E-state index in [0.29, 0.717) is 30.6 Å². The minimum atomic E-state index is -2.94. The fourth-order valence-corrected chi connectivity index (χ4v) is 3.47. The van der Waals surface area contributed by atoms with Crippen molar-refractivity contribution in [2.45, 2.75) is 13.0 Å². The number of anilines is 1. The lowest BCUT2D eigenvalue weighted by atomic mass is 10.3. The normalized spacial score (nSPS) is 18.6.